The van der Waals surface area contributed by atoms with E-state index in [1.165, 1.54) is 25.3 Å². The summed E-state index contributed by atoms with van der Waals surface area (Å²) in [5, 5.41) is 0. The average molecular weight is 223 g/mol. The number of halogens is 3. The van der Waals surface area contributed by atoms with E-state index in [-0.39, 0.29) is 22.3 Å². The molecule has 1 rings (SSSR count). The molecule has 0 radical (unpaired) electrons. The molecule has 0 fully saturated rings. The number of ether oxygens (including phenoxy) is 1. The highest BCUT2D eigenvalue weighted by molar-refractivity contribution is 8.00. The Bertz CT molecular complexity index is 327. The summed E-state index contributed by atoms with van der Waals surface area (Å²) >= 11 is -0.248. The Balaban J connectivity index is 2.95. The van der Waals surface area contributed by atoms with Crippen molar-refractivity contribution in [2.75, 3.05) is 12.8 Å². The SMILES string of the molecule is COc1ccc(N)c(SC(F)(F)F)c1. The minimum Gasteiger partial charge on any atom is -0.497 e. The Kier molecular flexibility index (Phi) is 3.15. The Morgan fingerprint density at radius 3 is 2.50 bits per heavy atom. The maximum Gasteiger partial charge on any atom is 0.446 e. The van der Waals surface area contributed by atoms with Crippen molar-refractivity contribution in [1.29, 1.82) is 0 Å². The normalized spacial score (nSPS) is 11.4. The highest BCUT2D eigenvalue weighted by atomic mass is 32.2. The van der Waals surface area contributed by atoms with Crippen LogP contribution in [0.3, 0.4) is 0 Å². The molecule has 0 heterocycles. The predicted molar refractivity (Wildman–Crippen MR) is 49.3 cm³/mol. The zero-order valence-corrected chi connectivity index (χ0v) is 8.08. The van der Waals surface area contributed by atoms with Crippen molar-refractivity contribution in [2.45, 2.75) is 10.4 Å². The van der Waals surface area contributed by atoms with E-state index in [0.29, 0.717) is 5.75 Å². The summed E-state index contributed by atoms with van der Waals surface area (Å²) in [4.78, 5) is -0.0446. The fraction of sp³-hybridized carbons (Fsp3) is 0.250. The fourth-order valence-corrected chi connectivity index (χ4v) is 1.47. The Hall–Kier alpha value is -1.04. The van der Waals surface area contributed by atoms with E-state index in [0.717, 1.165) is 0 Å². The standard InChI is InChI=1S/C8H8F3NOS/c1-13-5-2-3-6(12)7(4-5)14-8(9,10)11/h2-4H,12H2,1H3. The summed E-state index contributed by atoms with van der Waals surface area (Å²) in [7, 11) is 1.38. The van der Waals surface area contributed by atoms with Crippen LogP contribution in [0.4, 0.5) is 18.9 Å². The maximum absolute atomic E-state index is 12.0. The molecule has 2 N–H and O–H groups in total. The second-order valence-electron chi connectivity index (χ2n) is 2.45. The number of alkyl halides is 3. The minimum absolute atomic E-state index is 0.0446. The van der Waals surface area contributed by atoms with Crippen molar-refractivity contribution in [3.8, 4) is 5.75 Å². The smallest absolute Gasteiger partial charge is 0.446 e. The number of hydrogen-bond donors (Lipinski definition) is 1. The van der Waals surface area contributed by atoms with Gasteiger partial charge in [0.15, 0.2) is 0 Å². The van der Waals surface area contributed by atoms with Crippen molar-refractivity contribution in [3.05, 3.63) is 18.2 Å². The van der Waals surface area contributed by atoms with Crippen molar-refractivity contribution in [1.82, 2.24) is 0 Å². The molecule has 78 valence electrons. The largest absolute Gasteiger partial charge is 0.497 e. The van der Waals surface area contributed by atoms with Crippen LogP contribution in [0, 0.1) is 0 Å². The lowest BCUT2D eigenvalue weighted by atomic mass is 10.3. The van der Waals surface area contributed by atoms with Gasteiger partial charge >= 0.3 is 5.51 Å². The Morgan fingerprint density at radius 2 is 2.00 bits per heavy atom. The molecule has 0 bridgehead atoms. The number of anilines is 1. The van der Waals surface area contributed by atoms with E-state index < -0.39 is 5.51 Å². The van der Waals surface area contributed by atoms with Crippen LogP contribution in [0.1, 0.15) is 0 Å². The number of methoxy groups -OCH3 is 1. The van der Waals surface area contributed by atoms with E-state index >= 15 is 0 Å². The van der Waals surface area contributed by atoms with Crippen LogP contribution >= 0.6 is 11.8 Å². The number of nitrogen functional groups attached to an aromatic ring is 1. The molecule has 0 aromatic heterocycles. The molecular weight excluding hydrogens is 215 g/mol. The van der Waals surface area contributed by atoms with Crippen molar-refractivity contribution in [2.24, 2.45) is 0 Å². The monoisotopic (exact) mass is 223 g/mol. The van der Waals surface area contributed by atoms with Crippen LogP contribution in [0.25, 0.3) is 0 Å². The second-order valence-corrected chi connectivity index (χ2v) is 3.56. The molecule has 1 aromatic rings. The molecule has 0 saturated carbocycles. The molecule has 14 heavy (non-hydrogen) atoms. The molecule has 0 spiro atoms. The predicted octanol–water partition coefficient (Wildman–Crippen LogP) is 2.89. The van der Waals surface area contributed by atoms with E-state index in [1.54, 1.807) is 0 Å². The highest BCUT2D eigenvalue weighted by Gasteiger charge is 2.30. The van der Waals surface area contributed by atoms with Crippen molar-refractivity contribution >= 4 is 17.4 Å². The van der Waals surface area contributed by atoms with E-state index in [2.05, 4.69) is 0 Å². The van der Waals surface area contributed by atoms with Gasteiger partial charge in [0.2, 0.25) is 0 Å². The van der Waals surface area contributed by atoms with Crippen molar-refractivity contribution < 1.29 is 17.9 Å². The first-order valence-corrected chi connectivity index (χ1v) is 4.43. The average Bonchev–Trinajstić information content (AvgIpc) is 2.06. The fourth-order valence-electron chi connectivity index (χ4n) is 0.855. The van der Waals surface area contributed by atoms with Gasteiger partial charge in [0.25, 0.3) is 0 Å². The molecule has 1 aromatic carbocycles. The second kappa shape index (κ2) is 4.00. The zero-order chi connectivity index (χ0) is 10.8. The number of nitrogens with two attached hydrogens (primary N) is 1. The number of hydrogen-bond acceptors (Lipinski definition) is 3. The lowest BCUT2D eigenvalue weighted by Gasteiger charge is -2.09. The van der Waals surface area contributed by atoms with Crippen LogP contribution in [0.15, 0.2) is 23.1 Å². The maximum atomic E-state index is 12.0. The summed E-state index contributed by atoms with van der Waals surface area (Å²) in [5.74, 6) is 0.353. The Morgan fingerprint density at radius 1 is 1.36 bits per heavy atom. The van der Waals surface area contributed by atoms with Crippen molar-refractivity contribution in [3.63, 3.8) is 0 Å². The number of rotatable bonds is 2. The quantitative estimate of drug-likeness (QED) is 0.618. The van der Waals surface area contributed by atoms with Gasteiger partial charge in [-0.05, 0) is 30.0 Å². The topological polar surface area (TPSA) is 35.2 Å². The van der Waals surface area contributed by atoms with Gasteiger partial charge in [0, 0.05) is 10.6 Å². The first kappa shape index (κ1) is 11.0. The third kappa shape index (κ3) is 3.02. The van der Waals surface area contributed by atoms with Gasteiger partial charge < -0.3 is 10.5 Å². The van der Waals surface area contributed by atoms with E-state index in [9.17, 15) is 13.2 Å². The third-order valence-corrected chi connectivity index (χ3v) is 2.25. The first-order valence-electron chi connectivity index (χ1n) is 3.61. The summed E-state index contributed by atoms with van der Waals surface area (Å²) in [6.07, 6.45) is 0. The molecule has 0 aliphatic carbocycles. The molecule has 0 unspecified atom stereocenters. The molecular formula is C8H8F3NOS. The molecule has 0 atom stereocenters. The lowest BCUT2D eigenvalue weighted by Crippen LogP contribution is -2.01. The zero-order valence-electron chi connectivity index (χ0n) is 7.26. The molecule has 0 amide bonds. The van der Waals surface area contributed by atoms with E-state index in [4.69, 9.17) is 10.5 Å². The Labute approximate surface area is 83.2 Å². The molecule has 0 aliphatic rings. The first-order chi connectivity index (χ1) is 6.42. The summed E-state index contributed by atoms with van der Waals surface area (Å²) in [6.45, 7) is 0. The molecule has 0 aliphatic heterocycles. The number of benzene rings is 1. The van der Waals surface area contributed by atoms with Gasteiger partial charge in [-0.3, -0.25) is 0 Å². The van der Waals surface area contributed by atoms with Crippen LogP contribution in [-0.2, 0) is 0 Å². The molecule has 0 saturated heterocycles. The summed E-state index contributed by atoms with van der Waals surface area (Å²) < 4.78 is 40.9. The number of thioether (sulfide) groups is 1. The summed E-state index contributed by atoms with van der Waals surface area (Å²) in [6, 6.07) is 4.15. The van der Waals surface area contributed by atoms with Gasteiger partial charge in [-0.2, -0.15) is 13.2 Å². The van der Waals surface area contributed by atoms with Gasteiger partial charge in [-0.25, -0.2) is 0 Å². The summed E-state index contributed by atoms with van der Waals surface area (Å²) in [5.41, 5.74) is 1.13. The van der Waals surface area contributed by atoms with Crippen LogP contribution in [0.2, 0.25) is 0 Å². The van der Waals surface area contributed by atoms with Gasteiger partial charge in [0.05, 0.1) is 7.11 Å². The van der Waals surface area contributed by atoms with Gasteiger partial charge in [0.1, 0.15) is 5.75 Å². The van der Waals surface area contributed by atoms with Gasteiger partial charge in [-0.15, -0.1) is 0 Å². The lowest BCUT2D eigenvalue weighted by molar-refractivity contribution is -0.0327. The van der Waals surface area contributed by atoms with Crippen LogP contribution < -0.4 is 10.5 Å². The van der Waals surface area contributed by atoms with Crippen LogP contribution in [0.5, 0.6) is 5.75 Å². The van der Waals surface area contributed by atoms with Crippen LogP contribution in [-0.4, -0.2) is 12.6 Å². The minimum atomic E-state index is -4.33. The van der Waals surface area contributed by atoms with Gasteiger partial charge in [-0.1, -0.05) is 0 Å². The highest BCUT2D eigenvalue weighted by Crippen LogP contribution is 2.40. The third-order valence-electron chi connectivity index (χ3n) is 1.45. The van der Waals surface area contributed by atoms with E-state index in [1.807, 2.05) is 0 Å². The molecule has 2 nitrogen and oxygen atoms in total. The molecule has 6 heteroatoms.